The molecule has 0 bridgehead atoms. The number of carbonyl (C=O) groups excluding carboxylic acids is 1. The summed E-state index contributed by atoms with van der Waals surface area (Å²) in [4.78, 5) is 12.6. The third-order valence-corrected chi connectivity index (χ3v) is 6.61. The largest absolute Gasteiger partial charge is 0.449 e. The lowest BCUT2D eigenvalue weighted by Crippen LogP contribution is -2.56. The fraction of sp³-hybridized carbons (Fsp3) is 0.458. The summed E-state index contributed by atoms with van der Waals surface area (Å²) in [5, 5.41) is 13.0. The van der Waals surface area contributed by atoms with Gasteiger partial charge in [0.1, 0.15) is 6.61 Å². The van der Waals surface area contributed by atoms with Crippen LogP contribution in [0.15, 0.2) is 48.5 Å². The standard InChI is InChI=1S/C24H29NO3/c1-16(2)22(24(15-26)12-7-13-24)25-23(27)28-14-21-19-10-5-3-8-17(19)18-9-4-6-11-20(18)21/h3-6,8-11,16,21-22,26H,7,12-15H2,1-2H3,(H,25,27). The van der Waals surface area contributed by atoms with Crippen LogP contribution in [-0.4, -0.2) is 30.5 Å². The van der Waals surface area contributed by atoms with Crippen molar-refractivity contribution in [1.29, 1.82) is 0 Å². The smallest absolute Gasteiger partial charge is 0.407 e. The molecule has 2 aromatic carbocycles. The highest BCUT2D eigenvalue weighted by Crippen LogP contribution is 2.46. The van der Waals surface area contributed by atoms with Gasteiger partial charge in [-0.25, -0.2) is 4.79 Å². The van der Waals surface area contributed by atoms with Crippen LogP contribution in [0.25, 0.3) is 11.1 Å². The van der Waals surface area contributed by atoms with E-state index in [0.717, 1.165) is 19.3 Å². The first kappa shape index (κ1) is 19.0. The van der Waals surface area contributed by atoms with E-state index in [1.807, 2.05) is 24.3 Å². The van der Waals surface area contributed by atoms with Crippen molar-refractivity contribution in [3.8, 4) is 11.1 Å². The van der Waals surface area contributed by atoms with Crippen molar-refractivity contribution >= 4 is 6.09 Å². The normalized spacial score (nSPS) is 18.1. The van der Waals surface area contributed by atoms with Gasteiger partial charge in [0.2, 0.25) is 0 Å². The topological polar surface area (TPSA) is 58.6 Å². The molecule has 28 heavy (non-hydrogen) atoms. The molecule has 1 atom stereocenters. The van der Waals surface area contributed by atoms with Crippen LogP contribution in [-0.2, 0) is 4.74 Å². The second kappa shape index (κ2) is 7.59. The van der Waals surface area contributed by atoms with E-state index >= 15 is 0 Å². The molecule has 4 nitrogen and oxygen atoms in total. The maximum Gasteiger partial charge on any atom is 0.407 e. The molecular formula is C24H29NO3. The fourth-order valence-electron chi connectivity index (χ4n) is 4.99. The van der Waals surface area contributed by atoms with Crippen molar-refractivity contribution < 1.29 is 14.6 Å². The highest BCUT2D eigenvalue weighted by Gasteiger charge is 2.45. The minimum absolute atomic E-state index is 0.0613. The number of aliphatic hydroxyl groups is 1. The van der Waals surface area contributed by atoms with Crippen LogP contribution in [0.4, 0.5) is 4.79 Å². The first-order chi connectivity index (χ1) is 13.6. The van der Waals surface area contributed by atoms with Crippen LogP contribution in [0.2, 0.25) is 0 Å². The highest BCUT2D eigenvalue weighted by molar-refractivity contribution is 5.79. The fourth-order valence-corrected chi connectivity index (χ4v) is 4.99. The van der Waals surface area contributed by atoms with E-state index in [2.05, 4.69) is 43.4 Å². The van der Waals surface area contributed by atoms with E-state index in [0.29, 0.717) is 6.61 Å². The molecule has 1 amide bonds. The Labute approximate surface area is 166 Å². The molecule has 0 saturated heterocycles. The lowest BCUT2D eigenvalue weighted by Gasteiger charge is -2.48. The summed E-state index contributed by atoms with van der Waals surface area (Å²) in [5.74, 6) is 0.305. The minimum Gasteiger partial charge on any atom is -0.449 e. The van der Waals surface area contributed by atoms with Gasteiger partial charge in [-0.15, -0.1) is 0 Å². The van der Waals surface area contributed by atoms with Crippen molar-refractivity contribution in [2.75, 3.05) is 13.2 Å². The number of carbonyl (C=O) groups is 1. The van der Waals surface area contributed by atoms with Crippen molar-refractivity contribution in [2.24, 2.45) is 11.3 Å². The average molecular weight is 380 g/mol. The second-order valence-electron chi connectivity index (χ2n) is 8.57. The van der Waals surface area contributed by atoms with Gasteiger partial charge in [-0.1, -0.05) is 68.8 Å². The van der Waals surface area contributed by atoms with E-state index in [9.17, 15) is 9.90 Å². The summed E-state index contributed by atoms with van der Waals surface area (Å²) in [6.45, 7) is 4.60. The molecule has 0 aromatic heterocycles. The maximum absolute atomic E-state index is 12.6. The Bertz CT molecular complexity index is 805. The predicted octanol–water partition coefficient (Wildman–Crippen LogP) is 4.71. The number of rotatable bonds is 6. The number of aliphatic hydroxyl groups excluding tert-OH is 1. The van der Waals surface area contributed by atoms with Crippen molar-refractivity contribution in [3.63, 3.8) is 0 Å². The maximum atomic E-state index is 12.6. The molecule has 1 unspecified atom stereocenters. The van der Waals surface area contributed by atoms with Crippen LogP contribution in [0.3, 0.4) is 0 Å². The third kappa shape index (κ3) is 3.20. The van der Waals surface area contributed by atoms with Gasteiger partial charge >= 0.3 is 6.09 Å². The molecule has 0 spiro atoms. The van der Waals surface area contributed by atoms with E-state index in [1.54, 1.807) is 0 Å². The number of hydrogen-bond acceptors (Lipinski definition) is 3. The molecule has 0 heterocycles. The minimum atomic E-state index is -0.389. The van der Waals surface area contributed by atoms with Gasteiger partial charge in [-0.2, -0.15) is 0 Å². The summed E-state index contributed by atoms with van der Waals surface area (Å²) in [7, 11) is 0. The lowest BCUT2D eigenvalue weighted by atomic mass is 9.62. The number of fused-ring (bicyclic) bond motifs is 3. The van der Waals surface area contributed by atoms with Gasteiger partial charge in [-0.05, 0) is 41.0 Å². The van der Waals surface area contributed by atoms with E-state index < -0.39 is 0 Å². The average Bonchev–Trinajstić information content (AvgIpc) is 2.99. The summed E-state index contributed by atoms with van der Waals surface area (Å²) in [5.41, 5.74) is 4.67. The monoisotopic (exact) mass is 379 g/mol. The SMILES string of the molecule is CC(C)C(NC(=O)OCC1c2ccccc2-c2ccccc21)C1(CO)CCC1. The van der Waals surface area contributed by atoms with E-state index in [4.69, 9.17) is 4.74 Å². The second-order valence-corrected chi connectivity index (χ2v) is 8.57. The summed E-state index contributed by atoms with van der Waals surface area (Å²) < 4.78 is 5.70. The summed E-state index contributed by atoms with van der Waals surface area (Å²) in [6, 6.07) is 16.6. The molecular weight excluding hydrogens is 350 g/mol. The highest BCUT2D eigenvalue weighted by atomic mass is 16.5. The molecule has 2 aromatic rings. The Morgan fingerprint density at radius 3 is 2.14 bits per heavy atom. The van der Waals surface area contributed by atoms with Gasteiger partial charge in [0.25, 0.3) is 0 Å². The number of amides is 1. The number of benzene rings is 2. The Kier molecular flexibility index (Phi) is 5.15. The molecule has 0 aliphatic heterocycles. The molecule has 2 N–H and O–H groups in total. The zero-order chi connectivity index (χ0) is 19.7. The van der Waals surface area contributed by atoms with E-state index in [-0.39, 0.29) is 36.0 Å². The third-order valence-electron chi connectivity index (χ3n) is 6.61. The Balaban J connectivity index is 1.46. The van der Waals surface area contributed by atoms with Crippen molar-refractivity contribution in [3.05, 3.63) is 59.7 Å². The van der Waals surface area contributed by atoms with Crippen LogP contribution >= 0.6 is 0 Å². The zero-order valence-electron chi connectivity index (χ0n) is 16.7. The molecule has 2 aliphatic rings. The first-order valence-electron chi connectivity index (χ1n) is 10.3. The van der Waals surface area contributed by atoms with Gasteiger partial charge in [0, 0.05) is 17.4 Å². The molecule has 0 radical (unpaired) electrons. The van der Waals surface area contributed by atoms with Gasteiger partial charge < -0.3 is 15.2 Å². The Morgan fingerprint density at radius 1 is 1.11 bits per heavy atom. The molecule has 4 heteroatoms. The molecule has 148 valence electrons. The molecule has 4 rings (SSSR count). The Morgan fingerprint density at radius 2 is 1.68 bits per heavy atom. The Hall–Kier alpha value is -2.33. The van der Waals surface area contributed by atoms with Gasteiger partial charge in [0.05, 0.1) is 6.61 Å². The molecule has 1 saturated carbocycles. The molecule has 2 aliphatic carbocycles. The van der Waals surface area contributed by atoms with Gasteiger partial charge in [-0.3, -0.25) is 0 Å². The van der Waals surface area contributed by atoms with Crippen molar-refractivity contribution in [1.82, 2.24) is 5.32 Å². The quantitative estimate of drug-likeness (QED) is 0.764. The van der Waals surface area contributed by atoms with Gasteiger partial charge in [0.15, 0.2) is 0 Å². The molecule has 1 fully saturated rings. The zero-order valence-corrected chi connectivity index (χ0v) is 16.7. The predicted molar refractivity (Wildman–Crippen MR) is 110 cm³/mol. The first-order valence-corrected chi connectivity index (χ1v) is 10.3. The number of hydrogen-bond donors (Lipinski definition) is 2. The van der Waals surface area contributed by atoms with Crippen molar-refractivity contribution in [2.45, 2.75) is 45.1 Å². The van der Waals surface area contributed by atoms with Crippen LogP contribution < -0.4 is 5.32 Å². The number of alkyl carbamates (subject to hydrolysis) is 1. The number of nitrogens with one attached hydrogen (secondary N) is 1. The number of ether oxygens (including phenoxy) is 1. The summed E-state index contributed by atoms with van der Waals surface area (Å²) >= 11 is 0. The van der Waals surface area contributed by atoms with E-state index in [1.165, 1.54) is 22.3 Å². The van der Waals surface area contributed by atoms with Crippen LogP contribution in [0, 0.1) is 11.3 Å². The lowest BCUT2D eigenvalue weighted by molar-refractivity contribution is -0.00959. The van der Waals surface area contributed by atoms with Crippen LogP contribution in [0.1, 0.15) is 50.2 Å². The van der Waals surface area contributed by atoms with Crippen LogP contribution in [0.5, 0.6) is 0 Å². The summed E-state index contributed by atoms with van der Waals surface area (Å²) in [6.07, 6.45) is 2.63.